The summed E-state index contributed by atoms with van der Waals surface area (Å²) in [6.45, 7) is 2.86. The number of nitrogens with one attached hydrogen (secondary N) is 1. The second kappa shape index (κ2) is 5.88. The number of thiazole rings is 1. The van der Waals surface area contributed by atoms with Crippen molar-refractivity contribution >= 4 is 16.5 Å². The van der Waals surface area contributed by atoms with E-state index in [2.05, 4.69) is 39.8 Å². The molecule has 1 N–H and O–H groups in total. The quantitative estimate of drug-likeness (QED) is 0.779. The fraction of sp³-hybridized carbons (Fsp3) is 0.200. The van der Waals surface area contributed by atoms with Crippen LogP contribution in [0.3, 0.4) is 0 Å². The van der Waals surface area contributed by atoms with Gasteiger partial charge in [-0.1, -0.05) is 25.1 Å². The Kier molecular flexibility index (Phi) is 3.78. The lowest BCUT2D eigenvalue weighted by atomic mass is 10.2. The van der Waals surface area contributed by atoms with E-state index in [1.54, 1.807) is 17.5 Å². The summed E-state index contributed by atoms with van der Waals surface area (Å²) < 4.78 is 1.89. The molecule has 0 saturated heterocycles. The highest BCUT2D eigenvalue weighted by Gasteiger charge is 2.05. The molecule has 0 amide bonds. The SMILES string of the molecule is CCc1csc(NCc2ccccc2-n2cccn2)n1. The van der Waals surface area contributed by atoms with E-state index < -0.39 is 0 Å². The van der Waals surface area contributed by atoms with Crippen LogP contribution in [0.2, 0.25) is 0 Å². The van der Waals surface area contributed by atoms with Crippen LogP contribution in [0.25, 0.3) is 5.69 Å². The topological polar surface area (TPSA) is 42.7 Å². The molecular formula is C15H16N4S. The van der Waals surface area contributed by atoms with Crippen molar-refractivity contribution in [3.8, 4) is 5.69 Å². The average molecular weight is 284 g/mol. The van der Waals surface area contributed by atoms with Gasteiger partial charge in [-0.05, 0) is 24.1 Å². The molecule has 3 rings (SSSR count). The molecule has 4 nitrogen and oxygen atoms in total. The number of hydrogen-bond acceptors (Lipinski definition) is 4. The van der Waals surface area contributed by atoms with Gasteiger partial charge in [-0.3, -0.25) is 0 Å². The Hall–Kier alpha value is -2.14. The van der Waals surface area contributed by atoms with Crippen molar-refractivity contribution in [2.75, 3.05) is 5.32 Å². The predicted octanol–water partition coefficient (Wildman–Crippen LogP) is 3.50. The zero-order valence-corrected chi connectivity index (χ0v) is 12.1. The van der Waals surface area contributed by atoms with Crippen molar-refractivity contribution in [2.24, 2.45) is 0 Å². The Morgan fingerprint density at radius 2 is 2.15 bits per heavy atom. The van der Waals surface area contributed by atoms with Crippen LogP contribution in [-0.4, -0.2) is 14.8 Å². The van der Waals surface area contributed by atoms with E-state index >= 15 is 0 Å². The first-order chi connectivity index (χ1) is 9.86. The first-order valence-corrected chi connectivity index (χ1v) is 7.51. The van der Waals surface area contributed by atoms with Crippen LogP contribution in [0.1, 0.15) is 18.2 Å². The number of rotatable bonds is 5. The van der Waals surface area contributed by atoms with E-state index in [0.29, 0.717) is 0 Å². The van der Waals surface area contributed by atoms with Crippen LogP contribution in [0.5, 0.6) is 0 Å². The third kappa shape index (κ3) is 2.72. The number of nitrogens with zero attached hydrogens (tertiary/aromatic N) is 3. The number of hydrogen-bond donors (Lipinski definition) is 1. The first kappa shape index (κ1) is 12.9. The fourth-order valence-electron chi connectivity index (χ4n) is 2.02. The zero-order valence-electron chi connectivity index (χ0n) is 11.3. The molecule has 1 aromatic carbocycles. The Labute approximate surface area is 122 Å². The summed E-state index contributed by atoms with van der Waals surface area (Å²) in [4.78, 5) is 4.52. The molecule has 2 aromatic heterocycles. The number of aryl methyl sites for hydroxylation is 1. The lowest BCUT2D eigenvalue weighted by molar-refractivity contribution is 0.863. The molecule has 0 spiro atoms. The van der Waals surface area contributed by atoms with E-state index in [0.717, 1.165) is 29.5 Å². The van der Waals surface area contributed by atoms with Gasteiger partial charge in [0.1, 0.15) is 0 Å². The molecule has 0 radical (unpaired) electrons. The molecule has 0 fully saturated rings. The number of aromatic nitrogens is 3. The van der Waals surface area contributed by atoms with Crippen molar-refractivity contribution in [1.82, 2.24) is 14.8 Å². The van der Waals surface area contributed by atoms with Crippen molar-refractivity contribution in [1.29, 1.82) is 0 Å². The van der Waals surface area contributed by atoms with Gasteiger partial charge in [0.25, 0.3) is 0 Å². The second-order valence-electron chi connectivity index (χ2n) is 4.43. The summed E-state index contributed by atoms with van der Waals surface area (Å²) in [5.41, 5.74) is 3.43. The van der Waals surface area contributed by atoms with Crippen LogP contribution < -0.4 is 5.32 Å². The third-order valence-corrected chi connectivity index (χ3v) is 3.94. The summed E-state index contributed by atoms with van der Waals surface area (Å²) in [6, 6.07) is 10.2. The molecule has 3 aromatic rings. The molecule has 102 valence electrons. The summed E-state index contributed by atoms with van der Waals surface area (Å²) >= 11 is 1.65. The van der Waals surface area contributed by atoms with Crippen molar-refractivity contribution < 1.29 is 0 Å². The van der Waals surface area contributed by atoms with E-state index in [9.17, 15) is 0 Å². The van der Waals surface area contributed by atoms with Crippen LogP contribution in [0, 0.1) is 0 Å². The maximum absolute atomic E-state index is 4.52. The highest BCUT2D eigenvalue weighted by Crippen LogP contribution is 2.19. The maximum Gasteiger partial charge on any atom is 0.183 e. The van der Waals surface area contributed by atoms with E-state index in [1.165, 1.54) is 5.56 Å². The summed E-state index contributed by atoms with van der Waals surface area (Å²) in [5, 5.41) is 10.7. The van der Waals surface area contributed by atoms with E-state index in [-0.39, 0.29) is 0 Å². The number of para-hydroxylation sites is 1. The Bertz CT molecular complexity index is 673. The predicted molar refractivity (Wildman–Crippen MR) is 82.4 cm³/mol. The normalized spacial score (nSPS) is 10.7. The highest BCUT2D eigenvalue weighted by molar-refractivity contribution is 7.13. The zero-order chi connectivity index (χ0) is 13.8. The minimum atomic E-state index is 0.743. The number of benzene rings is 1. The van der Waals surface area contributed by atoms with E-state index in [1.807, 2.05) is 29.1 Å². The van der Waals surface area contributed by atoms with Crippen molar-refractivity contribution in [3.63, 3.8) is 0 Å². The van der Waals surface area contributed by atoms with Gasteiger partial charge in [0.2, 0.25) is 0 Å². The molecule has 20 heavy (non-hydrogen) atoms. The van der Waals surface area contributed by atoms with Crippen molar-refractivity contribution in [2.45, 2.75) is 19.9 Å². The molecule has 0 bridgehead atoms. The van der Waals surface area contributed by atoms with Crippen molar-refractivity contribution in [3.05, 3.63) is 59.4 Å². The summed E-state index contributed by atoms with van der Waals surface area (Å²) in [7, 11) is 0. The molecule has 5 heteroatoms. The molecule has 0 aliphatic heterocycles. The number of anilines is 1. The Morgan fingerprint density at radius 1 is 1.25 bits per heavy atom. The van der Waals surface area contributed by atoms with Gasteiger partial charge in [0.15, 0.2) is 5.13 Å². The van der Waals surface area contributed by atoms with Gasteiger partial charge in [0.05, 0.1) is 11.4 Å². The lowest BCUT2D eigenvalue weighted by Crippen LogP contribution is -2.05. The molecule has 0 saturated carbocycles. The summed E-state index contributed by atoms with van der Waals surface area (Å²) in [6.07, 6.45) is 4.72. The minimum Gasteiger partial charge on any atom is -0.357 e. The van der Waals surface area contributed by atoms with Gasteiger partial charge < -0.3 is 5.32 Å². The maximum atomic E-state index is 4.52. The monoisotopic (exact) mass is 284 g/mol. The molecule has 0 aliphatic carbocycles. The second-order valence-corrected chi connectivity index (χ2v) is 5.29. The fourth-order valence-corrected chi connectivity index (χ4v) is 2.81. The van der Waals surface area contributed by atoms with Gasteiger partial charge in [0, 0.05) is 24.3 Å². The van der Waals surface area contributed by atoms with Gasteiger partial charge in [-0.25, -0.2) is 9.67 Å². The summed E-state index contributed by atoms with van der Waals surface area (Å²) in [5.74, 6) is 0. The first-order valence-electron chi connectivity index (χ1n) is 6.63. The van der Waals surface area contributed by atoms with Crippen LogP contribution in [0.15, 0.2) is 48.1 Å². The Morgan fingerprint density at radius 3 is 2.90 bits per heavy atom. The van der Waals surface area contributed by atoms with Crippen LogP contribution in [-0.2, 0) is 13.0 Å². The molecule has 0 unspecified atom stereocenters. The molecule has 2 heterocycles. The van der Waals surface area contributed by atoms with Crippen LogP contribution in [0.4, 0.5) is 5.13 Å². The standard InChI is InChI=1S/C15H16N4S/c1-2-13-11-20-15(18-13)16-10-12-6-3-4-7-14(12)19-9-5-8-17-19/h3-9,11H,2,10H2,1H3,(H,16,18). The third-order valence-electron chi connectivity index (χ3n) is 3.09. The molecule has 0 atom stereocenters. The van der Waals surface area contributed by atoms with Gasteiger partial charge in [-0.15, -0.1) is 11.3 Å². The Balaban J connectivity index is 1.77. The van der Waals surface area contributed by atoms with E-state index in [4.69, 9.17) is 0 Å². The highest BCUT2D eigenvalue weighted by atomic mass is 32.1. The largest absolute Gasteiger partial charge is 0.357 e. The van der Waals surface area contributed by atoms with Crippen LogP contribution >= 0.6 is 11.3 Å². The minimum absolute atomic E-state index is 0.743. The van der Waals surface area contributed by atoms with Gasteiger partial charge >= 0.3 is 0 Å². The van der Waals surface area contributed by atoms with Gasteiger partial charge in [-0.2, -0.15) is 5.10 Å². The lowest BCUT2D eigenvalue weighted by Gasteiger charge is -2.09. The molecule has 0 aliphatic rings. The average Bonchev–Trinajstić information content (AvgIpc) is 3.17. The smallest absolute Gasteiger partial charge is 0.183 e. The molecular weight excluding hydrogens is 268 g/mol.